The summed E-state index contributed by atoms with van der Waals surface area (Å²) in [5, 5.41) is 0. The number of carbonyl (C=O) groups is 1. The minimum Gasteiger partial charge on any atom is -0.351 e. The second-order valence-electron chi connectivity index (χ2n) is 5.50. The zero-order valence-corrected chi connectivity index (χ0v) is 11.3. The maximum absolute atomic E-state index is 12.9. The molecule has 4 heteroatoms. The molecule has 0 aromatic heterocycles. The molecule has 2 unspecified atom stereocenters. The van der Waals surface area contributed by atoms with Gasteiger partial charge in [0.1, 0.15) is 5.82 Å². The summed E-state index contributed by atoms with van der Waals surface area (Å²) in [5.74, 6) is 0.770. The van der Waals surface area contributed by atoms with Crippen molar-refractivity contribution in [1.29, 1.82) is 0 Å². The van der Waals surface area contributed by atoms with Crippen LogP contribution >= 0.6 is 0 Å². The number of primary amides is 1. The molecule has 104 valence electrons. The first-order chi connectivity index (χ1) is 9.06. The maximum Gasteiger partial charge on any atom is 0.314 e. The minimum atomic E-state index is -0.371. The van der Waals surface area contributed by atoms with Crippen LogP contribution in [0.1, 0.15) is 37.2 Å². The van der Waals surface area contributed by atoms with Crippen LogP contribution in [-0.2, 0) is 0 Å². The summed E-state index contributed by atoms with van der Waals surface area (Å²) in [7, 11) is 1.74. The largest absolute Gasteiger partial charge is 0.351 e. The smallest absolute Gasteiger partial charge is 0.314 e. The number of nitrogens with zero attached hydrogens (tertiary/aromatic N) is 1. The lowest BCUT2D eigenvalue weighted by Crippen LogP contribution is -2.37. The van der Waals surface area contributed by atoms with E-state index in [-0.39, 0.29) is 11.8 Å². The van der Waals surface area contributed by atoms with E-state index in [0.29, 0.717) is 18.4 Å². The van der Waals surface area contributed by atoms with Crippen molar-refractivity contribution < 1.29 is 9.18 Å². The number of carbonyl (C=O) groups excluding carboxylic acids is 1. The topological polar surface area (TPSA) is 46.3 Å². The first kappa shape index (κ1) is 13.8. The van der Waals surface area contributed by atoms with Crippen molar-refractivity contribution >= 4 is 6.03 Å². The fourth-order valence-electron chi connectivity index (χ4n) is 2.97. The summed E-state index contributed by atoms with van der Waals surface area (Å²) in [6, 6.07) is 6.42. The van der Waals surface area contributed by atoms with E-state index in [0.717, 1.165) is 25.7 Å². The standard InChI is InChI=1S/C15H21FN2O/c1-18(15(17)19)10-11-3-2-4-13(9-11)12-5-7-14(16)8-6-12/h5-8,11,13H,2-4,9-10H2,1H3,(H2,17,19). The molecule has 1 fully saturated rings. The Balaban J connectivity index is 1.97. The van der Waals surface area contributed by atoms with Gasteiger partial charge in [-0.25, -0.2) is 9.18 Å². The third-order valence-electron chi connectivity index (χ3n) is 4.03. The van der Waals surface area contributed by atoms with Crippen LogP contribution in [0.15, 0.2) is 24.3 Å². The van der Waals surface area contributed by atoms with Gasteiger partial charge in [-0.15, -0.1) is 0 Å². The van der Waals surface area contributed by atoms with Crippen LogP contribution in [0, 0.1) is 11.7 Å². The van der Waals surface area contributed by atoms with Crippen molar-refractivity contribution in [2.75, 3.05) is 13.6 Å². The molecular formula is C15H21FN2O. The van der Waals surface area contributed by atoms with Crippen LogP contribution < -0.4 is 5.73 Å². The Morgan fingerprint density at radius 3 is 2.68 bits per heavy atom. The minimum absolute atomic E-state index is 0.190. The average molecular weight is 264 g/mol. The van der Waals surface area contributed by atoms with E-state index in [1.54, 1.807) is 11.9 Å². The van der Waals surface area contributed by atoms with Crippen molar-refractivity contribution in [3.05, 3.63) is 35.6 Å². The molecule has 19 heavy (non-hydrogen) atoms. The molecule has 1 aliphatic carbocycles. The SMILES string of the molecule is CN(CC1CCCC(c2ccc(F)cc2)C1)C(N)=O. The number of hydrogen-bond donors (Lipinski definition) is 1. The lowest BCUT2D eigenvalue weighted by molar-refractivity contribution is 0.197. The third kappa shape index (κ3) is 3.69. The highest BCUT2D eigenvalue weighted by molar-refractivity contribution is 5.71. The molecule has 0 radical (unpaired) electrons. The van der Waals surface area contributed by atoms with E-state index in [2.05, 4.69) is 0 Å². The Bertz CT molecular complexity index is 432. The molecule has 3 nitrogen and oxygen atoms in total. The quantitative estimate of drug-likeness (QED) is 0.895. The van der Waals surface area contributed by atoms with Gasteiger partial charge in [0, 0.05) is 13.6 Å². The predicted molar refractivity (Wildman–Crippen MR) is 73.3 cm³/mol. The Morgan fingerprint density at radius 2 is 2.05 bits per heavy atom. The molecular weight excluding hydrogens is 243 g/mol. The summed E-state index contributed by atoms with van der Waals surface area (Å²) in [5.41, 5.74) is 6.46. The molecule has 0 saturated heterocycles. The van der Waals surface area contributed by atoms with Gasteiger partial charge in [-0.2, -0.15) is 0 Å². The molecule has 1 aromatic carbocycles. The molecule has 2 atom stereocenters. The third-order valence-corrected chi connectivity index (χ3v) is 4.03. The van der Waals surface area contributed by atoms with Crippen LogP contribution in [0.4, 0.5) is 9.18 Å². The molecule has 1 aromatic rings. The molecule has 1 saturated carbocycles. The second kappa shape index (κ2) is 6.04. The van der Waals surface area contributed by atoms with Gasteiger partial charge in [-0.1, -0.05) is 18.6 Å². The summed E-state index contributed by atoms with van der Waals surface area (Å²) >= 11 is 0. The van der Waals surface area contributed by atoms with Gasteiger partial charge in [0.15, 0.2) is 0 Å². The Labute approximate surface area is 113 Å². The molecule has 0 aliphatic heterocycles. The number of urea groups is 1. The first-order valence-electron chi connectivity index (χ1n) is 6.82. The van der Waals surface area contributed by atoms with Gasteiger partial charge in [-0.3, -0.25) is 0 Å². The number of halogens is 1. The van der Waals surface area contributed by atoms with Gasteiger partial charge in [0.2, 0.25) is 0 Å². The Hall–Kier alpha value is -1.58. The second-order valence-corrected chi connectivity index (χ2v) is 5.50. The molecule has 2 amide bonds. The van der Waals surface area contributed by atoms with E-state index in [9.17, 15) is 9.18 Å². The summed E-state index contributed by atoms with van der Waals surface area (Å²) in [4.78, 5) is 12.6. The zero-order chi connectivity index (χ0) is 13.8. The highest BCUT2D eigenvalue weighted by atomic mass is 19.1. The fourth-order valence-corrected chi connectivity index (χ4v) is 2.97. The number of rotatable bonds is 3. The monoisotopic (exact) mass is 264 g/mol. The van der Waals surface area contributed by atoms with Crippen LogP contribution in [-0.4, -0.2) is 24.5 Å². The van der Waals surface area contributed by atoms with E-state index in [1.165, 1.54) is 17.7 Å². The van der Waals surface area contributed by atoms with Crippen molar-refractivity contribution in [3.8, 4) is 0 Å². The summed E-state index contributed by atoms with van der Waals surface area (Å²) in [6.45, 7) is 0.715. The highest BCUT2D eigenvalue weighted by Crippen LogP contribution is 2.36. The van der Waals surface area contributed by atoms with Crippen molar-refractivity contribution in [3.63, 3.8) is 0 Å². The summed E-state index contributed by atoms with van der Waals surface area (Å²) in [6.07, 6.45) is 4.47. The van der Waals surface area contributed by atoms with Crippen LogP contribution in [0.5, 0.6) is 0 Å². The van der Waals surface area contributed by atoms with Gasteiger partial charge < -0.3 is 10.6 Å². The first-order valence-corrected chi connectivity index (χ1v) is 6.82. The van der Waals surface area contributed by atoms with Crippen molar-refractivity contribution in [2.45, 2.75) is 31.6 Å². The number of amides is 2. The maximum atomic E-state index is 12.9. The van der Waals surface area contributed by atoms with Crippen molar-refractivity contribution in [2.24, 2.45) is 11.7 Å². The zero-order valence-electron chi connectivity index (χ0n) is 11.3. The molecule has 2 N–H and O–H groups in total. The van der Waals surface area contributed by atoms with E-state index >= 15 is 0 Å². The average Bonchev–Trinajstić information content (AvgIpc) is 2.39. The van der Waals surface area contributed by atoms with E-state index in [1.807, 2.05) is 12.1 Å². The fraction of sp³-hybridized carbons (Fsp3) is 0.533. The van der Waals surface area contributed by atoms with Crippen LogP contribution in [0.3, 0.4) is 0 Å². The molecule has 0 heterocycles. The predicted octanol–water partition coefficient (Wildman–Crippen LogP) is 3.11. The lowest BCUT2D eigenvalue weighted by atomic mass is 9.78. The number of benzene rings is 1. The van der Waals surface area contributed by atoms with Gasteiger partial charge >= 0.3 is 6.03 Å². The van der Waals surface area contributed by atoms with Gasteiger partial charge in [-0.05, 0) is 48.8 Å². The van der Waals surface area contributed by atoms with Crippen LogP contribution in [0.2, 0.25) is 0 Å². The highest BCUT2D eigenvalue weighted by Gasteiger charge is 2.24. The molecule has 0 bridgehead atoms. The van der Waals surface area contributed by atoms with E-state index < -0.39 is 0 Å². The molecule has 0 spiro atoms. The van der Waals surface area contributed by atoms with Crippen molar-refractivity contribution in [1.82, 2.24) is 4.90 Å². The molecule has 2 rings (SSSR count). The number of nitrogens with two attached hydrogens (primary N) is 1. The van der Waals surface area contributed by atoms with Crippen LogP contribution in [0.25, 0.3) is 0 Å². The molecule has 1 aliphatic rings. The normalized spacial score (nSPS) is 23.1. The van der Waals surface area contributed by atoms with E-state index in [4.69, 9.17) is 5.73 Å². The Morgan fingerprint density at radius 1 is 1.37 bits per heavy atom. The van der Waals surface area contributed by atoms with Gasteiger partial charge in [0.25, 0.3) is 0 Å². The van der Waals surface area contributed by atoms with Gasteiger partial charge in [0.05, 0.1) is 0 Å². The summed E-state index contributed by atoms with van der Waals surface area (Å²) < 4.78 is 12.9. The lowest BCUT2D eigenvalue weighted by Gasteiger charge is -2.31. The Kier molecular flexibility index (Phi) is 4.40. The number of hydrogen-bond acceptors (Lipinski definition) is 1.